The molecule has 8 nitrogen and oxygen atoms in total. The number of hydrogen-bond donors (Lipinski definition) is 1. The molecule has 2 aliphatic rings. The molecule has 4 heterocycles. The zero-order valence-corrected chi connectivity index (χ0v) is 18.1. The summed E-state index contributed by atoms with van der Waals surface area (Å²) in [5.41, 5.74) is 2.07. The van der Waals surface area contributed by atoms with Crippen LogP contribution in [0.4, 0.5) is 0 Å². The average Bonchev–Trinajstić information content (AvgIpc) is 3.15. The number of aliphatic hydroxyl groups is 1. The topological polar surface area (TPSA) is 103 Å². The van der Waals surface area contributed by atoms with Crippen molar-refractivity contribution in [3.63, 3.8) is 0 Å². The molecule has 0 unspecified atom stereocenters. The molecule has 5 rings (SSSR count). The van der Waals surface area contributed by atoms with Crippen LogP contribution in [0, 0.1) is 0 Å². The fourth-order valence-electron chi connectivity index (χ4n) is 4.41. The van der Waals surface area contributed by atoms with Crippen LogP contribution in [-0.4, -0.2) is 32.9 Å². The van der Waals surface area contributed by atoms with Gasteiger partial charge in [-0.3, -0.25) is 4.79 Å². The predicted octanol–water partition coefficient (Wildman–Crippen LogP) is 2.84. The van der Waals surface area contributed by atoms with Gasteiger partial charge in [0.25, 0.3) is 5.56 Å². The number of hydrogen-bond acceptors (Lipinski definition) is 7. The molecule has 8 heteroatoms. The summed E-state index contributed by atoms with van der Waals surface area (Å²) in [4.78, 5) is 35.9. The second kappa shape index (κ2) is 7.27. The van der Waals surface area contributed by atoms with Gasteiger partial charge in [-0.1, -0.05) is 30.3 Å². The van der Waals surface area contributed by atoms with Gasteiger partial charge in [0.05, 0.1) is 35.2 Å². The molecule has 2 aromatic heterocycles. The summed E-state index contributed by atoms with van der Waals surface area (Å²) in [5.74, 6) is -0.736. The Bertz CT molecular complexity index is 1360. The molecule has 2 aliphatic heterocycles. The third kappa shape index (κ3) is 2.86. The lowest BCUT2D eigenvalue weighted by molar-refractivity contribution is -0.172. The Morgan fingerprint density at radius 3 is 2.84 bits per heavy atom. The van der Waals surface area contributed by atoms with Crippen LogP contribution in [0.3, 0.4) is 0 Å². The van der Waals surface area contributed by atoms with Crippen LogP contribution >= 0.6 is 0 Å². The zero-order chi connectivity index (χ0) is 22.6. The van der Waals surface area contributed by atoms with Gasteiger partial charge in [0.2, 0.25) is 0 Å². The van der Waals surface area contributed by atoms with Gasteiger partial charge in [-0.05, 0) is 32.4 Å². The van der Waals surface area contributed by atoms with E-state index in [9.17, 15) is 14.7 Å². The number of esters is 1. The fraction of sp³-hybridized carbons (Fsp3) is 0.333. The summed E-state index contributed by atoms with van der Waals surface area (Å²) in [7, 11) is 0. The van der Waals surface area contributed by atoms with Crippen molar-refractivity contribution in [2.24, 2.45) is 5.16 Å². The summed E-state index contributed by atoms with van der Waals surface area (Å²) in [6.45, 7) is 5.62. The van der Waals surface area contributed by atoms with Crippen molar-refractivity contribution < 1.29 is 19.5 Å². The number of pyridine rings is 2. The van der Waals surface area contributed by atoms with Gasteiger partial charge in [0.15, 0.2) is 5.60 Å². The van der Waals surface area contributed by atoms with Crippen LogP contribution in [0.5, 0.6) is 0 Å². The molecule has 164 valence electrons. The number of oxime groups is 1. The molecule has 1 atom stereocenters. The van der Waals surface area contributed by atoms with Gasteiger partial charge in [0, 0.05) is 22.1 Å². The second-order valence-electron chi connectivity index (χ2n) is 8.36. The molecule has 0 saturated carbocycles. The lowest BCUT2D eigenvalue weighted by atomic mass is 9.86. The Kier molecular flexibility index (Phi) is 4.63. The van der Waals surface area contributed by atoms with Gasteiger partial charge in [-0.2, -0.15) is 0 Å². The SMILES string of the molecule is CC[C@@]1(O)C(=O)OCc2c1cc1n(c2=O)Cc2c-1nc1ccccc1c2/C=N/OC(C)C. The Morgan fingerprint density at radius 2 is 2.09 bits per heavy atom. The van der Waals surface area contributed by atoms with Gasteiger partial charge in [-0.25, -0.2) is 9.78 Å². The number of benzene rings is 1. The molecule has 0 fully saturated rings. The van der Waals surface area contributed by atoms with E-state index in [0.29, 0.717) is 29.1 Å². The lowest BCUT2D eigenvalue weighted by Crippen LogP contribution is -2.44. The fourth-order valence-corrected chi connectivity index (χ4v) is 4.41. The third-order valence-electron chi connectivity index (χ3n) is 6.09. The summed E-state index contributed by atoms with van der Waals surface area (Å²) >= 11 is 0. The Labute approximate surface area is 184 Å². The first-order valence-electron chi connectivity index (χ1n) is 10.6. The van der Waals surface area contributed by atoms with Crippen LogP contribution in [0.1, 0.15) is 49.4 Å². The molecule has 0 spiro atoms. The number of rotatable bonds is 4. The first-order valence-corrected chi connectivity index (χ1v) is 10.6. The smallest absolute Gasteiger partial charge is 0.343 e. The van der Waals surface area contributed by atoms with Crippen molar-refractivity contribution >= 4 is 23.1 Å². The quantitative estimate of drug-likeness (QED) is 0.302. The third-order valence-corrected chi connectivity index (χ3v) is 6.09. The van der Waals surface area contributed by atoms with Gasteiger partial charge in [-0.15, -0.1) is 0 Å². The Balaban J connectivity index is 1.77. The van der Waals surface area contributed by atoms with Crippen LogP contribution in [0.15, 0.2) is 40.3 Å². The number of fused-ring (bicyclic) bond motifs is 5. The lowest BCUT2D eigenvalue weighted by Gasteiger charge is -2.31. The molecule has 1 aromatic carbocycles. The van der Waals surface area contributed by atoms with Crippen molar-refractivity contribution in [1.82, 2.24) is 9.55 Å². The van der Waals surface area contributed by atoms with Crippen LogP contribution in [0.2, 0.25) is 0 Å². The first-order chi connectivity index (χ1) is 15.3. The van der Waals surface area contributed by atoms with E-state index in [-0.39, 0.29) is 24.7 Å². The molecular formula is C24H23N3O5. The van der Waals surface area contributed by atoms with Crippen molar-refractivity contribution in [3.8, 4) is 11.4 Å². The minimum Gasteiger partial charge on any atom is -0.458 e. The number of nitrogens with zero attached hydrogens (tertiary/aromatic N) is 3. The summed E-state index contributed by atoms with van der Waals surface area (Å²) < 4.78 is 6.75. The monoisotopic (exact) mass is 433 g/mol. The van der Waals surface area contributed by atoms with Crippen LogP contribution < -0.4 is 5.56 Å². The van der Waals surface area contributed by atoms with Gasteiger partial charge in [0.1, 0.15) is 12.7 Å². The second-order valence-corrected chi connectivity index (χ2v) is 8.36. The number of aromatic nitrogens is 2. The van der Waals surface area contributed by atoms with E-state index in [4.69, 9.17) is 14.6 Å². The number of carbonyl (C=O) groups excluding carboxylic acids is 1. The first kappa shape index (κ1) is 20.4. The van der Waals surface area contributed by atoms with Crippen molar-refractivity contribution in [2.75, 3.05) is 0 Å². The molecule has 3 aromatic rings. The minimum atomic E-state index is -1.85. The maximum absolute atomic E-state index is 13.4. The van der Waals surface area contributed by atoms with E-state index in [2.05, 4.69) is 5.16 Å². The highest BCUT2D eigenvalue weighted by Crippen LogP contribution is 2.39. The van der Waals surface area contributed by atoms with E-state index in [0.717, 1.165) is 22.0 Å². The molecule has 0 saturated heterocycles. The summed E-state index contributed by atoms with van der Waals surface area (Å²) in [6.07, 6.45) is 1.70. The number of carbonyl (C=O) groups is 1. The molecule has 0 radical (unpaired) electrons. The maximum Gasteiger partial charge on any atom is 0.343 e. The molecule has 0 aliphatic carbocycles. The molecule has 1 N–H and O–H groups in total. The van der Waals surface area contributed by atoms with Crippen molar-refractivity contribution in [3.05, 3.63) is 62.9 Å². The van der Waals surface area contributed by atoms with E-state index >= 15 is 0 Å². The highest BCUT2D eigenvalue weighted by atomic mass is 16.6. The Hall–Kier alpha value is -3.52. The van der Waals surface area contributed by atoms with E-state index < -0.39 is 11.6 Å². The largest absolute Gasteiger partial charge is 0.458 e. The van der Waals surface area contributed by atoms with Crippen molar-refractivity contribution in [2.45, 2.75) is 52.0 Å². The van der Waals surface area contributed by atoms with Crippen molar-refractivity contribution in [1.29, 1.82) is 0 Å². The maximum atomic E-state index is 13.4. The molecule has 0 amide bonds. The number of para-hydroxylation sites is 1. The predicted molar refractivity (Wildman–Crippen MR) is 118 cm³/mol. The average molecular weight is 433 g/mol. The highest BCUT2D eigenvalue weighted by Gasteiger charge is 2.45. The Morgan fingerprint density at radius 1 is 1.31 bits per heavy atom. The molecule has 0 bridgehead atoms. The van der Waals surface area contributed by atoms with Crippen LogP contribution in [0.25, 0.3) is 22.3 Å². The summed E-state index contributed by atoms with van der Waals surface area (Å²) in [6, 6.07) is 9.38. The number of ether oxygens (including phenoxy) is 1. The minimum absolute atomic E-state index is 0.0665. The van der Waals surface area contributed by atoms with Gasteiger partial charge < -0.3 is 19.2 Å². The normalized spacial score (nSPS) is 19.2. The van der Waals surface area contributed by atoms with E-state index in [1.165, 1.54) is 0 Å². The van der Waals surface area contributed by atoms with E-state index in [1.807, 2.05) is 38.1 Å². The van der Waals surface area contributed by atoms with E-state index in [1.54, 1.807) is 23.8 Å². The van der Waals surface area contributed by atoms with Gasteiger partial charge >= 0.3 is 5.97 Å². The number of cyclic esters (lactones) is 1. The standard InChI is InChI=1S/C24H23N3O5/c1-4-24(30)18-9-20-21-16(11-27(20)22(28)17(18)12-31-23(24)29)15(10-25-32-13(2)3)14-7-5-6-8-19(14)26-21/h5-10,13,30H,4,11-12H2,1-3H3/b25-10+/t24-/m0/s1. The van der Waals surface area contributed by atoms with Crippen LogP contribution in [-0.2, 0) is 33.1 Å². The molecular weight excluding hydrogens is 410 g/mol. The highest BCUT2D eigenvalue weighted by molar-refractivity contribution is 6.02. The summed E-state index contributed by atoms with van der Waals surface area (Å²) in [5, 5.41) is 16.1. The zero-order valence-electron chi connectivity index (χ0n) is 18.1. The molecule has 32 heavy (non-hydrogen) atoms.